The molecular weight excluding hydrogens is 294 g/mol. The number of thiophene rings is 1. The quantitative estimate of drug-likeness (QED) is 0.805. The van der Waals surface area contributed by atoms with E-state index in [1.165, 1.54) is 16.9 Å². The Balaban J connectivity index is 1.88. The minimum absolute atomic E-state index is 0.0231. The lowest BCUT2D eigenvalue weighted by molar-refractivity contribution is 0.0955. The minimum Gasteiger partial charge on any atom is -0.350 e. The number of nitrogens with zero attached hydrogens (tertiary/aromatic N) is 2. The molecule has 0 atom stereocenters. The summed E-state index contributed by atoms with van der Waals surface area (Å²) in [6.45, 7) is 3.55. The van der Waals surface area contributed by atoms with Gasteiger partial charge in [-0.2, -0.15) is 0 Å². The molecule has 0 aliphatic carbocycles. The third-order valence-corrected chi connectivity index (χ3v) is 4.57. The van der Waals surface area contributed by atoms with Crippen LogP contribution in [0.5, 0.6) is 0 Å². The molecular formula is C17H19N3OS. The summed E-state index contributed by atoms with van der Waals surface area (Å²) in [4.78, 5) is 20.5. The molecule has 0 aliphatic heterocycles. The van der Waals surface area contributed by atoms with Gasteiger partial charge in [0.1, 0.15) is 4.83 Å². The molecule has 4 nitrogen and oxygen atoms in total. The van der Waals surface area contributed by atoms with Crippen molar-refractivity contribution in [3.8, 4) is 0 Å². The summed E-state index contributed by atoms with van der Waals surface area (Å²) in [6.07, 6.45) is 0. The van der Waals surface area contributed by atoms with Crippen molar-refractivity contribution < 1.29 is 4.79 Å². The molecule has 5 heteroatoms. The first kappa shape index (κ1) is 14.9. The number of fused-ring (bicyclic) bond motifs is 2. The largest absolute Gasteiger partial charge is 0.350 e. The number of carbonyl (C=O) groups is 1. The lowest BCUT2D eigenvalue weighted by atomic mass is 10.1. The SMILES string of the molecule is Cc1ccc2nc3sc(C(=O)NCCN(C)C)cc3cc2c1. The van der Waals surface area contributed by atoms with Crippen LogP contribution in [0.4, 0.5) is 0 Å². The number of aromatic nitrogens is 1. The number of pyridine rings is 1. The predicted molar refractivity (Wildman–Crippen MR) is 92.8 cm³/mol. The highest BCUT2D eigenvalue weighted by Crippen LogP contribution is 2.27. The van der Waals surface area contributed by atoms with E-state index in [1.807, 2.05) is 31.1 Å². The van der Waals surface area contributed by atoms with Crippen molar-refractivity contribution in [3.63, 3.8) is 0 Å². The summed E-state index contributed by atoms with van der Waals surface area (Å²) in [5.41, 5.74) is 2.19. The Morgan fingerprint density at radius 3 is 2.82 bits per heavy atom. The smallest absolute Gasteiger partial charge is 0.261 e. The molecule has 114 valence electrons. The van der Waals surface area contributed by atoms with Gasteiger partial charge in [0.05, 0.1) is 10.4 Å². The number of aryl methyl sites for hydroxylation is 1. The van der Waals surface area contributed by atoms with Crippen LogP contribution in [0.25, 0.3) is 21.1 Å². The number of benzene rings is 1. The van der Waals surface area contributed by atoms with E-state index in [4.69, 9.17) is 0 Å². The first-order valence-electron chi connectivity index (χ1n) is 7.27. The molecule has 0 aliphatic rings. The number of nitrogens with one attached hydrogen (secondary N) is 1. The van der Waals surface area contributed by atoms with E-state index in [1.54, 1.807) is 0 Å². The zero-order valence-corrected chi connectivity index (χ0v) is 13.8. The molecule has 0 radical (unpaired) electrons. The van der Waals surface area contributed by atoms with Gasteiger partial charge in [0.25, 0.3) is 5.91 Å². The van der Waals surface area contributed by atoms with E-state index in [0.717, 1.165) is 27.7 Å². The zero-order chi connectivity index (χ0) is 15.7. The van der Waals surface area contributed by atoms with Crippen molar-refractivity contribution in [1.29, 1.82) is 0 Å². The molecule has 3 aromatic rings. The van der Waals surface area contributed by atoms with Crippen molar-refractivity contribution in [2.24, 2.45) is 0 Å². The fourth-order valence-electron chi connectivity index (χ4n) is 2.35. The Morgan fingerprint density at radius 2 is 2.05 bits per heavy atom. The maximum Gasteiger partial charge on any atom is 0.261 e. The van der Waals surface area contributed by atoms with Crippen molar-refractivity contribution >= 4 is 38.4 Å². The van der Waals surface area contributed by atoms with Crippen molar-refractivity contribution in [1.82, 2.24) is 15.2 Å². The number of hydrogen-bond acceptors (Lipinski definition) is 4. The van der Waals surface area contributed by atoms with Gasteiger partial charge in [-0.05, 0) is 45.3 Å². The third kappa shape index (κ3) is 3.10. The summed E-state index contributed by atoms with van der Waals surface area (Å²) in [7, 11) is 3.98. The standard InChI is InChI=1S/C17H19N3OS/c1-11-4-5-14-12(8-11)9-13-10-15(22-17(13)19-14)16(21)18-6-7-20(2)3/h4-5,8-10H,6-7H2,1-3H3,(H,18,21). The average Bonchev–Trinajstić information content (AvgIpc) is 2.87. The van der Waals surface area contributed by atoms with Crippen LogP contribution < -0.4 is 5.32 Å². The molecule has 0 unspecified atom stereocenters. The van der Waals surface area contributed by atoms with Crippen LogP contribution in [0.1, 0.15) is 15.2 Å². The molecule has 0 saturated carbocycles. The van der Waals surface area contributed by atoms with Crippen molar-refractivity contribution in [2.45, 2.75) is 6.92 Å². The topological polar surface area (TPSA) is 45.2 Å². The second kappa shape index (κ2) is 6.02. The monoisotopic (exact) mass is 313 g/mol. The highest BCUT2D eigenvalue weighted by molar-refractivity contribution is 7.20. The Morgan fingerprint density at radius 1 is 1.23 bits per heavy atom. The van der Waals surface area contributed by atoms with Gasteiger partial charge in [0.15, 0.2) is 0 Å². The second-order valence-corrected chi connectivity index (χ2v) is 6.78. The van der Waals surface area contributed by atoms with Gasteiger partial charge in [-0.3, -0.25) is 4.79 Å². The van der Waals surface area contributed by atoms with Crippen molar-refractivity contribution in [3.05, 3.63) is 40.8 Å². The molecule has 2 aromatic heterocycles. The van der Waals surface area contributed by atoms with Gasteiger partial charge in [-0.15, -0.1) is 11.3 Å². The molecule has 2 heterocycles. The van der Waals surface area contributed by atoms with E-state index in [9.17, 15) is 4.79 Å². The Hall–Kier alpha value is -1.98. The lowest BCUT2D eigenvalue weighted by Gasteiger charge is -2.09. The number of rotatable bonds is 4. The number of likely N-dealkylation sites (N-methyl/N-ethyl adjacent to an activating group) is 1. The molecule has 0 bridgehead atoms. The van der Waals surface area contributed by atoms with Crippen LogP contribution >= 0.6 is 11.3 Å². The number of hydrogen-bond donors (Lipinski definition) is 1. The Kier molecular flexibility index (Phi) is 4.09. The van der Waals surface area contributed by atoms with Crippen LogP contribution in [-0.4, -0.2) is 43.0 Å². The molecule has 3 rings (SSSR count). The van der Waals surface area contributed by atoms with Gasteiger partial charge in [0.2, 0.25) is 0 Å². The highest BCUT2D eigenvalue weighted by Gasteiger charge is 2.11. The average molecular weight is 313 g/mol. The highest BCUT2D eigenvalue weighted by atomic mass is 32.1. The van der Waals surface area contributed by atoms with Crippen LogP contribution in [0.15, 0.2) is 30.3 Å². The van der Waals surface area contributed by atoms with Gasteiger partial charge in [-0.1, -0.05) is 11.6 Å². The molecule has 22 heavy (non-hydrogen) atoms. The van der Waals surface area contributed by atoms with Gasteiger partial charge < -0.3 is 10.2 Å². The van der Waals surface area contributed by atoms with E-state index in [2.05, 4.69) is 35.4 Å². The molecule has 1 amide bonds. The summed E-state index contributed by atoms with van der Waals surface area (Å²) in [5, 5.41) is 5.09. The van der Waals surface area contributed by atoms with E-state index in [0.29, 0.717) is 11.4 Å². The Labute approximate surface area is 133 Å². The maximum absolute atomic E-state index is 12.2. The van der Waals surface area contributed by atoms with E-state index in [-0.39, 0.29) is 5.91 Å². The molecule has 1 N–H and O–H groups in total. The maximum atomic E-state index is 12.2. The predicted octanol–water partition coefficient (Wildman–Crippen LogP) is 3.05. The molecule has 1 aromatic carbocycles. The first-order chi connectivity index (χ1) is 10.5. The lowest BCUT2D eigenvalue weighted by Crippen LogP contribution is -2.30. The van der Waals surface area contributed by atoms with Gasteiger partial charge >= 0.3 is 0 Å². The zero-order valence-electron chi connectivity index (χ0n) is 13.0. The molecule has 0 spiro atoms. The Bertz CT molecular complexity index is 838. The first-order valence-corrected chi connectivity index (χ1v) is 8.08. The minimum atomic E-state index is -0.0231. The van der Waals surface area contributed by atoms with Crippen LogP contribution in [-0.2, 0) is 0 Å². The fraction of sp³-hybridized carbons (Fsp3) is 0.294. The summed E-state index contributed by atoms with van der Waals surface area (Å²) >= 11 is 1.45. The van der Waals surface area contributed by atoms with Crippen LogP contribution in [0.3, 0.4) is 0 Å². The number of amides is 1. The molecule has 0 saturated heterocycles. The van der Waals surface area contributed by atoms with Gasteiger partial charge in [0, 0.05) is 23.9 Å². The normalized spacial score (nSPS) is 11.5. The number of carbonyl (C=O) groups excluding carboxylic acids is 1. The second-order valence-electron chi connectivity index (χ2n) is 5.75. The van der Waals surface area contributed by atoms with Crippen molar-refractivity contribution in [2.75, 3.05) is 27.2 Å². The van der Waals surface area contributed by atoms with E-state index >= 15 is 0 Å². The van der Waals surface area contributed by atoms with Crippen LogP contribution in [0, 0.1) is 6.92 Å². The molecule has 0 fully saturated rings. The third-order valence-electron chi connectivity index (χ3n) is 3.52. The summed E-state index contributed by atoms with van der Waals surface area (Å²) in [6, 6.07) is 10.2. The van der Waals surface area contributed by atoms with Gasteiger partial charge in [-0.25, -0.2) is 4.98 Å². The van der Waals surface area contributed by atoms with Crippen LogP contribution in [0.2, 0.25) is 0 Å². The van der Waals surface area contributed by atoms with E-state index < -0.39 is 0 Å². The fourth-order valence-corrected chi connectivity index (χ4v) is 3.29. The summed E-state index contributed by atoms with van der Waals surface area (Å²) in [5.74, 6) is -0.0231. The summed E-state index contributed by atoms with van der Waals surface area (Å²) < 4.78 is 0.